The first kappa shape index (κ1) is 23.2. The van der Waals surface area contributed by atoms with Crippen LogP contribution in [0, 0.1) is 18.3 Å². The Morgan fingerprint density at radius 1 is 1.06 bits per heavy atom. The van der Waals surface area contributed by atoms with Crippen molar-refractivity contribution < 1.29 is 23.8 Å². The molecule has 0 aliphatic rings. The van der Waals surface area contributed by atoms with E-state index in [9.17, 15) is 9.59 Å². The normalized spacial score (nSPS) is 11.2. The number of hydrogen-bond donors (Lipinski definition) is 1. The zero-order valence-electron chi connectivity index (χ0n) is 18.1. The lowest BCUT2D eigenvalue weighted by Crippen LogP contribution is -2.19. The van der Waals surface area contributed by atoms with E-state index in [1.54, 1.807) is 26.2 Å². The zero-order chi connectivity index (χ0) is 23.8. The van der Waals surface area contributed by atoms with Crippen LogP contribution in [0.2, 0.25) is 0 Å². The maximum Gasteiger partial charge on any atom is 0.282 e. The molecule has 1 aromatic carbocycles. The highest BCUT2D eigenvalue weighted by Gasteiger charge is 2.15. The Labute approximate surface area is 189 Å². The maximum absolute atomic E-state index is 12.8. The number of anilines is 1. The van der Waals surface area contributed by atoms with Crippen molar-refractivity contribution in [1.82, 2.24) is 19.9 Å². The molecule has 1 amide bonds. The van der Waals surface area contributed by atoms with Crippen molar-refractivity contribution >= 4 is 17.5 Å². The van der Waals surface area contributed by atoms with Crippen LogP contribution in [0.25, 0.3) is 0 Å². The van der Waals surface area contributed by atoms with Crippen LogP contribution in [0.3, 0.4) is 0 Å². The number of nitrogens with zero attached hydrogens (tertiary/aromatic N) is 5. The second-order valence-electron chi connectivity index (χ2n) is 6.86. The molecule has 2 heterocycles. The summed E-state index contributed by atoms with van der Waals surface area (Å²) in [6.07, 6.45) is 5.03. The van der Waals surface area contributed by atoms with Crippen LogP contribution >= 0.6 is 0 Å². The fourth-order valence-corrected chi connectivity index (χ4v) is 2.64. The van der Waals surface area contributed by atoms with Gasteiger partial charge in [0.25, 0.3) is 11.7 Å². The van der Waals surface area contributed by atoms with Crippen LogP contribution in [0.1, 0.15) is 33.5 Å². The predicted octanol–water partition coefficient (Wildman–Crippen LogP) is 2.74. The van der Waals surface area contributed by atoms with Gasteiger partial charge < -0.3 is 19.5 Å². The summed E-state index contributed by atoms with van der Waals surface area (Å²) in [4.78, 5) is 40.3. The van der Waals surface area contributed by atoms with Gasteiger partial charge in [0, 0.05) is 18.7 Å². The number of aryl methyl sites for hydroxylation is 1. The third-order valence-electron chi connectivity index (χ3n) is 4.09. The van der Waals surface area contributed by atoms with Crippen LogP contribution in [0.4, 0.5) is 5.82 Å². The molecule has 2 aromatic heterocycles. The number of carbonyl (C=O) groups is 2. The molecule has 33 heavy (non-hydrogen) atoms. The van der Waals surface area contributed by atoms with E-state index in [0.717, 1.165) is 11.9 Å². The molecule has 0 fully saturated rings. The van der Waals surface area contributed by atoms with E-state index in [4.69, 9.17) is 19.5 Å². The van der Waals surface area contributed by atoms with Crippen LogP contribution < -0.4 is 14.8 Å². The van der Waals surface area contributed by atoms with Crippen molar-refractivity contribution in [3.63, 3.8) is 0 Å². The van der Waals surface area contributed by atoms with Crippen molar-refractivity contribution in [2.24, 2.45) is 0 Å². The van der Waals surface area contributed by atoms with Crippen molar-refractivity contribution in [3.8, 4) is 23.4 Å². The molecule has 0 spiro atoms. The smallest absolute Gasteiger partial charge is 0.282 e. The largest absolute Gasteiger partial charge is 0.488 e. The van der Waals surface area contributed by atoms with Gasteiger partial charge >= 0.3 is 0 Å². The van der Waals surface area contributed by atoms with E-state index < -0.39 is 11.7 Å². The number of methoxy groups -OCH3 is 1. The van der Waals surface area contributed by atoms with E-state index in [1.807, 2.05) is 6.92 Å². The summed E-state index contributed by atoms with van der Waals surface area (Å²) >= 11 is 0. The molecule has 11 heteroatoms. The Hall–Kier alpha value is -4.43. The lowest BCUT2D eigenvalue weighted by Gasteiger charge is -2.16. The molecule has 11 nitrogen and oxygen atoms in total. The van der Waals surface area contributed by atoms with E-state index in [0.29, 0.717) is 12.4 Å². The Morgan fingerprint density at radius 2 is 1.85 bits per heavy atom. The number of amides is 1. The van der Waals surface area contributed by atoms with Gasteiger partial charge in [0.1, 0.15) is 29.4 Å². The molecule has 0 aliphatic carbocycles. The highest BCUT2D eigenvalue weighted by molar-refractivity contribution is 6.06. The second-order valence-corrected chi connectivity index (χ2v) is 6.86. The van der Waals surface area contributed by atoms with Gasteiger partial charge in [-0.05, 0) is 26.0 Å². The van der Waals surface area contributed by atoms with Crippen LogP contribution in [-0.2, 0) is 4.74 Å². The second kappa shape index (κ2) is 10.7. The van der Waals surface area contributed by atoms with Gasteiger partial charge in [0.05, 0.1) is 37.1 Å². The third kappa shape index (κ3) is 6.52. The Bertz CT molecular complexity index is 1180. The number of rotatable bonds is 9. The van der Waals surface area contributed by atoms with E-state index in [2.05, 4.69) is 25.3 Å². The van der Waals surface area contributed by atoms with Gasteiger partial charge in [-0.25, -0.2) is 15.0 Å². The molecule has 0 radical (unpaired) electrons. The van der Waals surface area contributed by atoms with E-state index in [-0.39, 0.29) is 34.8 Å². The summed E-state index contributed by atoms with van der Waals surface area (Å²) in [6, 6.07) is 6.08. The lowest BCUT2D eigenvalue weighted by molar-refractivity contribution is 0.0915. The van der Waals surface area contributed by atoms with Crippen molar-refractivity contribution in [2.45, 2.75) is 20.0 Å². The summed E-state index contributed by atoms with van der Waals surface area (Å²) in [6.45, 7) is 3.94. The monoisotopic (exact) mass is 448 g/mol. The molecule has 0 unspecified atom stereocenters. The minimum absolute atomic E-state index is 0.0577. The fraction of sp³-hybridized carbons (Fsp3) is 0.227. The molecule has 168 valence electrons. The number of benzene rings is 1. The molecule has 3 rings (SSSR count). The molecule has 0 saturated carbocycles. The number of nitriles is 1. The number of ether oxygens (including phenoxy) is 3. The highest BCUT2D eigenvalue weighted by Crippen LogP contribution is 2.27. The number of carbonyl (C=O) groups excluding carboxylic acids is 2. The summed E-state index contributed by atoms with van der Waals surface area (Å²) in [5.74, 6) is -0.316. The quantitative estimate of drug-likeness (QED) is 0.382. The first-order chi connectivity index (χ1) is 15.9. The van der Waals surface area contributed by atoms with Gasteiger partial charge in [-0.2, -0.15) is 5.26 Å². The van der Waals surface area contributed by atoms with E-state index in [1.165, 1.54) is 30.7 Å². The first-order valence-corrected chi connectivity index (χ1v) is 9.73. The Balaban J connectivity index is 1.86. The molecule has 0 aliphatic heterocycles. The summed E-state index contributed by atoms with van der Waals surface area (Å²) in [7, 11) is 1.56. The van der Waals surface area contributed by atoms with Crippen LogP contribution in [0.5, 0.6) is 17.4 Å². The molecule has 0 bridgehead atoms. The van der Waals surface area contributed by atoms with Gasteiger partial charge in [0.2, 0.25) is 5.88 Å². The minimum atomic E-state index is -0.810. The Kier molecular flexibility index (Phi) is 7.56. The summed E-state index contributed by atoms with van der Waals surface area (Å²) in [5, 5.41) is 11.3. The average Bonchev–Trinajstić information content (AvgIpc) is 2.80. The van der Waals surface area contributed by atoms with Crippen molar-refractivity contribution in [3.05, 3.63) is 59.9 Å². The SMILES string of the molecule is COC[C@H](C)Oc1cc(Oc2cnc(C(=O)C#N)cn2)cc(C(=O)Nc2cnc(C)cn2)c1. The molecular weight excluding hydrogens is 428 g/mol. The van der Waals surface area contributed by atoms with Crippen LogP contribution in [0.15, 0.2) is 43.0 Å². The number of ketones is 1. The van der Waals surface area contributed by atoms with Gasteiger partial charge in [-0.15, -0.1) is 0 Å². The molecule has 3 aromatic rings. The number of nitrogens with one attached hydrogen (secondary N) is 1. The van der Waals surface area contributed by atoms with Gasteiger partial charge in [0.15, 0.2) is 5.82 Å². The molecule has 0 saturated heterocycles. The van der Waals surface area contributed by atoms with Crippen molar-refractivity contribution in [1.29, 1.82) is 5.26 Å². The van der Waals surface area contributed by atoms with Gasteiger partial charge in [-0.1, -0.05) is 0 Å². The predicted molar refractivity (Wildman–Crippen MR) is 115 cm³/mol. The first-order valence-electron chi connectivity index (χ1n) is 9.73. The zero-order valence-corrected chi connectivity index (χ0v) is 18.1. The maximum atomic E-state index is 12.8. The molecule has 1 N–H and O–H groups in total. The van der Waals surface area contributed by atoms with Crippen molar-refractivity contribution in [2.75, 3.05) is 19.0 Å². The topological polar surface area (TPSA) is 149 Å². The fourth-order valence-electron chi connectivity index (χ4n) is 2.64. The minimum Gasteiger partial charge on any atom is -0.488 e. The third-order valence-corrected chi connectivity index (χ3v) is 4.09. The number of Topliss-reactive ketones (excluding diaryl/α,β-unsaturated/α-hetero) is 1. The summed E-state index contributed by atoms with van der Waals surface area (Å²) < 4.78 is 16.6. The standard InChI is InChI=1S/C22H20N6O5/c1-13-8-26-20(10-24-13)28-22(30)15-4-16(32-14(2)12-31-3)6-17(5-15)33-21-11-25-18(9-27-21)19(29)7-23/h4-6,8-11,14H,12H2,1-3H3,(H,26,28,30)/t14-/m0/s1. The van der Waals surface area contributed by atoms with E-state index >= 15 is 0 Å². The highest BCUT2D eigenvalue weighted by atomic mass is 16.5. The number of aromatic nitrogens is 4. The molecular formula is C22H20N6O5. The Morgan fingerprint density at radius 3 is 2.48 bits per heavy atom. The lowest BCUT2D eigenvalue weighted by atomic mass is 10.2. The van der Waals surface area contributed by atoms with Gasteiger partial charge in [-0.3, -0.25) is 14.6 Å². The molecule has 1 atom stereocenters. The summed E-state index contributed by atoms with van der Waals surface area (Å²) in [5.41, 5.74) is 0.850. The van der Waals surface area contributed by atoms with Crippen LogP contribution in [-0.4, -0.2) is 51.4 Å². The number of hydrogen-bond acceptors (Lipinski definition) is 10. The average molecular weight is 448 g/mol.